The molecule has 0 radical (unpaired) electrons. The van der Waals surface area contributed by atoms with Crippen molar-refractivity contribution in [2.45, 2.75) is 25.3 Å². The Morgan fingerprint density at radius 3 is 2.73 bits per heavy atom. The van der Waals surface area contributed by atoms with Crippen LogP contribution in [0.1, 0.15) is 18.7 Å². The van der Waals surface area contributed by atoms with Crippen molar-refractivity contribution in [3.63, 3.8) is 0 Å². The molecule has 0 bridgehead atoms. The molecule has 1 aromatic heterocycles. The molecule has 1 aromatic carbocycles. The molecule has 7 heteroatoms. The second-order valence-corrected chi connectivity index (χ2v) is 5.11. The quantitative estimate of drug-likeness (QED) is 0.895. The van der Waals surface area contributed by atoms with E-state index in [1.807, 2.05) is 30.3 Å². The average molecular weight is 301 g/mol. The zero-order valence-electron chi connectivity index (χ0n) is 11.8. The highest BCUT2D eigenvalue weighted by Crippen LogP contribution is 2.20. The zero-order chi connectivity index (χ0) is 15.5. The number of nitrogens with zero attached hydrogens (tertiary/aromatic N) is 3. The van der Waals surface area contributed by atoms with Gasteiger partial charge < -0.3 is 14.5 Å². The molecular weight excluding hydrogens is 286 g/mol. The van der Waals surface area contributed by atoms with E-state index in [-0.39, 0.29) is 12.3 Å². The molecule has 1 saturated heterocycles. The van der Waals surface area contributed by atoms with E-state index < -0.39 is 12.0 Å². The average Bonchev–Trinajstić information content (AvgIpc) is 2.93. The Balaban J connectivity index is 1.57. The Bertz CT molecular complexity index is 683. The van der Waals surface area contributed by atoms with E-state index in [4.69, 9.17) is 9.63 Å². The van der Waals surface area contributed by atoms with Crippen molar-refractivity contribution in [1.82, 2.24) is 15.0 Å². The monoisotopic (exact) mass is 301 g/mol. The van der Waals surface area contributed by atoms with Gasteiger partial charge in [0.2, 0.25) is 17.6 Å². The van der Waals surface area contributed by atoms with Crippen LogP contribution in [0.25, 0.3) is 11.4 Å². The topological polar surface area (TPSA) is 96.5 Å². The third kappa shape index (κ3) is 2.83. The first-order valence-electron chi connectivity index (χ1n) is 7.05. The van der Waals surface area contributed by atoms with E-state index in [1.54, 1.807) is 0 Å². The van der Waals surface area contributed by atoms with Gasteiger partial charge in [-0.2, -0.15) is 4.98 Å². The Labute approximate surface area is 126 Å². The molecule has 1 aliphatic rings. The molecule has 0 spiro atoms. The summed E-state index contributed by atoms with van der Waals surface area (Å²) in [7, 11) is 0. The molecule has 22 heavy (non-hydrogen) atoms. The molecule has 114 valence electrons. The van der Waals surface area contributed by atoms with Gasteiger partial charge in [-0.3, -0.25) is 4.79 Å². The highest BCUT2D eigenvalue weighted by Gasteiger charge is 2.37. The molecule has 2 heterocycles. The highest BCUT2D eigenvalue weighted by atomic mass is 16.5. The Morgan fingerprint density at radius 1 is 1.32 bits per heavy atom. The van der Waals surface area contributed by atoms with Crippen molar-refractivity contribution in [1.29, 1.82) is 0 Å². The predicted octanol–water partition coefficient (Wildman–Crippen LogP) is 1.35. The fraction of sp³-hybridized carbons (Fsp3) is 0.333. The van der Waals surface area contributed by atoms with Crippen molar-refractivity contribution >= 4 is 11.9 Å². The van der Waals surface area contributed by atoms with Crippen LogP contribution in [-0.4, -0.2) is 44.6 Å². The number of rotatable bonds is 5. The molecule has 0 saturated carbocycles. The molecule has 1 fully saturated rings. The smallest absolute Gasteiger partial charge is 0.326 e. The second-order valence-electron chi connectivity index (χ2n) is 5.11. The number of hydrogen-bond donors (Lipinski definition) is 1. The molecular formula is C15H15N3O4. The first kappa shape index (κ1) is 14.2. The van der Waals surface area contributed by atoms with Crippen LogP contribution in [0.4, 0.5) is 0 Å². The Hall–Kier alpha value is -2.70. The number of benzene rings is 1. The van der Waals surface area contributed by atoms with E-state index in [9.17, 15) is 9.59 Å². The van der Waals surface area contributed by atoms with E-state index >= 15 is 0 Å². The maximum Gasteiger partial charge on any atom is 0.326 e. The van der Waals surface area contributed by atoms with Crippen molar-refractivity contribution in [2.24, 2.45) is 0 Å². The summed E-state index contributed by atoms with van der Waals surface area (Å²) in [5, 5.41) is 12.8. The molecule has 2 aromatic rings. The highest BCUT2D eigenvalue weighted by molar-refractivity contribution is 5.85. The van der Waals surface area contributed by atoms with Crippen LogP contribution < -0.4 is 0 Å². The van der Waals surface area contributed by atoms with Gasteiger partial charge in [0.1, 0.15) is 6.04 Å². The molecule has 7 nitrogen and oxygen atoms in total. The maximum absolute atomic E-state index is 12.0. The lowest BCUT2D eigenvalue weighted by molar-refractivity contribution is -0.157. The minimum atomic E-state index is -0.955. The fourth-order valence-electron chi connectivity index (χ4n) is 2.36. The maximum atomic E-state index is 12.0. The van der Waals surface area contributed by atoms with Crippen LogP contribution in [0.2, 0.25) is 0 Å². The number of carbonyl (C=O) groups is 2. The van der Waals surface area contributed by atoms with Crippen LogP contribution in [0.15, 0.2) is 34.9 Å². The SMILES string of the molecule is O=C(O)[C@H]1CCN1C(=O)CCc1nc(-c2ccccc2)no1. The van der Waals surface area contributed by atoms with Gasteiger partial charge in [-0.1, -0.05) is 35.5 Å². The summed E-state index contributed by atoms with van der Waals surface area (Å²) in [5.74, 6) is -0.295. The summed E-state index contributed by atoms with van der Waals surface area (Å²) in [6.07, 6.45) is 0.988. The Kier molecular flexibility index (Phi) is 3.86. The number of amides is 1. The van der Waals surface area contributed by atoms with Crippen LogP contribution in [0.3, 0.4) is 0 Å². The number of aliphatic carboxylic acids is 1. The number of aromatic nitrogens is 2. The normalized spacial score (nSPS) is 17.1. The summed E-state index contributed by atoms with van der Waals surface area (Å²) >= 11 is 0. The van der Waals surface area contributed by atoms with Gasteiger partial charge in [-0.15, -0.1) is 0 Å². The first-order chi connectivity index (χ1) is 10.6. The molecule has 3 rings (SSSR count). The summed E-state index contributed by atoms with van der Waals surface area (Å²) in [6, 6.07) is 8.72. The lowest BCUT2D eigenvalue weighted by Gasteiger charge is -2.37. The van der Waals surface area contributed by atoms with Crippen molar-refractivity contribution in [2.75, 3.05) is 6.54 Å². The van der Waals surface area contributed by atoms with Crippen LogP contribution in [0, 0.1) is 0 Å². The van der Waals surface area contributed by atoms with Crippen LogP contribution in [0.5, 0.6) is 0 Å². The van der Waals surface area contributed by atoms with E-state index in [0.717, 1.165) is 5.56 Å². The van der Waals surface area contributed by atoms with Crippen molar-refractivity contribution in [3.8, 4) is 11.4 Å². The van der Waals surface area contributed by atoms with E-state index in [2.05, 4.69) is 10.1 Å². The molecule has 0 aliphatic carbocycles. The van der Waals surface area contributed by atoms with Gasteiger partial charge in [0, 0.05) is 24.9 Å². The van der Waals surface area contributed by atoms with Gasteiger partial charge in [-0.25, -0.2) is 4.79 Å². The number of carboxylic acids is 1. The Morgan fingerprint density at radius 2 is 2.09 bits per heavy atom. The standard InChI is InChI=1S/C15H15N3O4/c19-13(18-9-8-11(18)15(20)21)7-6-12-16-14(17-22-12)10-4-2-1-3-5-10/h1-5,11H,6-9H2,(H,20,21)/t11-/m1/s1. The second kappa shape index (κ2) is 5.97. The molecule has 1 atom stereocenters. The van der Waals surface area contributed by atoms with Crippen LogP contribution in [-0.2, 0) is 16.0 Å². The van der Waals surface area contributed by atoms with Gasteiger partial charge >= 0.3 is 5.97 Å². The largest absolute Gasteiger partial charge is 0.480 e. The van der Waals surface area contributed by atoms with E-state index in [1.165, 1.54) is 4.90 Å². The van der Waals surface area contributed by atoms with Gasteiger partial charge in [0.25, 0.3) is 0 Å². The summed E-state index contributed by atoms with van der Waals surface area (Å²) in [6.45, 7) is 0.495. The van der Waals surface area contributed by atoms with Crippen molar-refractivity contribution in [3.05, 3.63) is 36.2 Å². The molecule has 1 aliphatic heterocycles. The van der Waals surface area contributed by atoms with Gasteiger partial charge in [0.05, 0.1) is 0 Å². The minimum Gasteiger partial charge on any atom is -0.480 e. The predicted molar refractivity (Wildman–Crippen MR) is 75.8 cm³/mol. The fourth-order valence-corrected chi connectivity index (χ4v) is 2.36. The third-order valence-electron chi connectivity index (χ3n) is 3.68. The minimum absolute atomic E-state index is 0.167. The number of likely N-dealkylation sites (tertiary alicyclic amines) is 1. The molecule has 1 amide bonds. The molecule has 1 N–H and O–H groups in total. The summed E-state index contributed by atoms with van der Waals surface area (Å²) in [4.78, 5) is 28.5. The summed E-state index contributed by atoms with van der Waals surface area (Å²) in [5.41, 5.74) is 0.845. The molecule has 0 unspecified atom stereocenters. The first-order valence-corrected chi connectivity index (χ1v) is 7.05. The summed E-state index contributed by atoms with van der Waals surface area (Å²) < 4.78 is 5.13. The third-order valence-corrected chi connectivity index (χ3v) is 3.68. The lowest BCUT2D eigenvalue weighted by atomic mass is 10.0. The zero-order valence-corrected chi connectivity index (χ0v) is 11.8. The number of hydrogen-bond acceptors (Lipinski definition) is 5. The number of carboxylic acid groups (broad SMARTS) is 1. The van der Waals surface area contributed by atoms with Gasteiger partial charge in [-0.05, 0) is 6.42 Å². The van der Waals surface area contributed by atoms with Crippen molar-refractivity contribution < 1.29 is 19.2 Å². The van der Waals surface area contributed by atoms with Gasteiger partial charge in [0.15, 0.2) is 0 Å². The number of carbonyl (C=O) groups excluding carboxylic acids is 1. The number of aryl methyl sites for hydroxylation is 1. The van der Waals surface area contributed by atoms with Crippen LogP contribution >= 0.6 is 0 Å². The lowest BCUT2D eigenvalue weighted by Crippen LogP contribution is -2.55. The van der Waals surface area contributed by atoms with E-state index in [0.29, 0.717) is 31.1 Å².